The first kappa shape index (κ1) is 77.8. The summed E-state index contributed by atoms with van der Waals surface area (Å²) < 4.78 is 38.5. The zero-order chi connectivity index (χ0) is 77.4. The number of carboxylic acids is 1. The molecule has 7 heterocycles. The van der Waals surface area contributed by atoms with Crippen molar-refractivity contribution in [1.29, 1.82) is 0 Å². The molecule has 20 N–H and O–H groups in total. The van der Waals surface area contributed by atoms with E-state index >= 15 is 19.2 Å². The van der Waals surface area contributed by atoms with E-state index in [2.05, 4.69) is 36.9 Å². The maximum absolute atomic E-state index is 16.1. The molecule has 13 rings (SSSR count). The summed E-state index contributed by atoms with van der Waals surface area (Å²) in [4.78, 5) is 123. The molecule has 33 nitrogen and oxygen atoms in total. The molecule has 0 aliphatic carbocycles. The summed E-state index contributed by atoms with van der Waals surface area (Å²) in [7, 11) is 0. The second-order valence-corrected chi connectivity index (χ2v) is 27.9. The van der Waals surface area contributed by atoms with Crippen LogP contribution >= 0.6 is 23.2 Å². The van der Waals surface area contributed by atoms with Crippen LogP contribution in [-0.2, 0) is 52.6 Å². The van der Waals surface area contributed by atoms with E-state index in [0.717, 1.165) is 66.7 Å². The number of hydrogen-bond acceptors (Lipinski definition) is 25. The Morgan fingerprint density at radius 2 is 1.33 bits per heavy atom. The quantitative estimate of drug-likeness (QED) is 0.0693. The average Bonchev–Trinajstić information content (AvgIpc) is 0.766. The number of ether oxygens (including phenoxy) is 6. The van der Waals surface area contributed by atoms with Gasteiger partial charge < -0.3 is 123 Å². The number of halogens is 2. The number of benzene rings is 6. The maximum atomic E-state index is 16.1. The second-order valence-electron chi connectivity index (χ2n) is 27.1. The minimum atomic E-state index is -2.37. The summed E-state index contributed by atoms with van der Waals surface area (Å²) >= 11 is 14.2. The maximum Gasteiger partial charge on any atom is 0.330 e. The lowest BCUT2D eigenvalue weighted by molar-refractivity contribution is -0.333. The summed E-state index contributed by atoms with van der Waals surface area (Å²) in [6, 6.07) is 7.57. The van der Waals surface area contributed by atoms with Crippen LogP contribution in [-0.4, -0.2) is 190 Å². The summed E-state index contributed by atoms with van der Waals surface area (Å²) in [5, 5.41) is 128. The van der Waals surface area contributed by atoms with Crippen LogP contribution in [0.4, 0.5) is 0 Å². The highest BCUT2D eigenvalue weighted by Gasteiger charge is 2.52. The van der Waals surface area contributed by atoms with Crippen molar-refractivity contribution in [1.82, 2.24) is 31.9 Å². The van der Waals surface area contributed by atoms with Gasteiger partial charge in [0, 0.05) is 40.9 Å². The first-order valence-electron chi connectivity index (χ1n) is 33.5. The highest BCUT2D eigenvalue weighted by molar-refractivity contribution is 6.32. The topological polar surface area (TPSA) is 531 Å². The SMILES string of the molecule is CC(C)C[C@@H](N=Cc1ccccc1)C(=O)N[C@H]1C(=O)N[C@@H](CC(N)=O)C(=O)N[C@@H]2C(=O)N[C@H]3C(=O)N[C@H](C(=O)N[C@H](C(=O)O)c4cc(O)cc(O)c4-c4cc3ccc4O)[C@H](O)c3ccc(c(Cl)c3)Oc3cc2cc(c3O[C@@H]2O[C@H](CO)[C@@H](O)[C@H](O)[C@H]2O[C@H]2C[C@](C)(N)[C@H](O)[C@H](C)O2)Oc2ccc(cc2Cl)[C@H]1O. The zero-order valence-corrected chi connectivity index (χ0v) is 58.7. The molecule has 7 aliphatic heterocycles. The molecule has 2 saturated heterocycles. The fraction of sp³-hybridized carbons (Fsp3) is 0.375. The van der Waals surface area contributed by atoms with Crippen molar-refractivity contribution in [2.24, 2.45) is 22.4 Å². The fourth-order valence-electron chi connectivity index (χ4n) is 13.1. The number of phenols is 3. The summed E-state index contributed by atoms with van der Waals surface area (Å²) in [5.74, 6) is -16.3. The van der Waals surface area contributed by atoms with Crippen molar-refractivity contribution in [3.05, 3.63) is 153 Å². The van der Waals surface area contributed by atoms with Crippen molar-refractivity contribution in [2.45, 2.75) is 156 Å². The number of carboxylic acid groups (broad SMARTS) is 1. The molecule has 11 bridgehead atoms. The molecule has 107 heavy (non-hydrogen) atoms. The number of aliphatic hydroxyl groups excluding tert-OH is 6. The molecule has 7 aliphatic rings. The van der Waals surface area contributed by atoms with E-state index < -0.39 is 237 Å². The number of aliphatic carboxylic acids is 1. The lowest BCUT2D eigenvalue weighted by Gasteiger charge is -2.47. The third kappa shape index (κ3) is 17.0. The van der Waals surface area contributed by atoms with Crippen molar-refractivity contribution in [2.75, 3.05) is 6.61 Å². The largest absolute Gasteiger partial charge is 0.508 e. The van der Waals surface area contributed by atoms with Crippen molar-refractivity contribution in [3.8, 4) is 57.1 Å². The number of aromatic hydroxyl groups is 3. The predicted octanol–water partition coefficient (Wildman–Crippen LogP) is 2.01. The van der Waals surface area contributed by atoms with E-state index in [0.29, 0.717) is 5.56 Å². The molecule has 35 heteroatoms. The van der Waals surface area contributed by atoms with Crippen molar-refractivity contribution < 1.29 is 118 Å². The highest BCUT2D eigenvalue weighted by atomic mass is 35.5. The molecule has 18 atom stereocenters. The molecule has 6 aromatic carbocycles. The Morgan fingerprint density at radius 1 is 0.710 bits per heavy atom. The number of hydrogen-bond donors (Lipinski definition) is 18. The van der Waals surface area contributed by atoms with Crippen molar-refractivity contribution in [3.63, 3.8) is 0 Å². The number of primary amides is 1. The second kappa shape index (κ2) is 32.0. The minimum absolute atomic E-state index is 0.0914. The van der Waals surface area contributed by atoms with E-state index in [1.165, 1.54) is 32.2 Å². The van der Waals surface area contributed by atoms with Gasteiger partial charge in [0.15, 0.2) is 29.9 Å². The van der Waals surface area contributed by atoms with Gasteiger partial charge in [0.25, 0.3) is 0 Å². The van der Waals surface area contributed by atoms with Gasteiger partial charge in [0.05, 0.1) is 35.3 Å². The third-order valence-electron chi connectivity index (χ3n) is 18.6. The Labute approximate surface area is 618 Å². The number of nitrogens with two attached hydrogens (primary N) is 2. The fourth-order valence-corrected chi connectivity index (χ4v) is 13.5. The Hall–Kier alpha value is -10.3. The number of fused-ring (bicyclic) bond motifs is 15. The van der Waals surface area contributed by atoms with E-state index in [9.17, 15) is 70.2 Å². The first-order chi connectivity index (χ1) is 50.7. The third-order valence-corrected chi connectivity index (χ3v) is 19.2. The number of nitrogens with zero attached hydrogens (tertiary/aromatic N) is 1. The lowest BCUT2D eigenvalue weighted by Crippen LogP contribution is -2.64. The Kier molecular flexibility index (Phi) is 23.3. The Balaban J connectivity index is 1.15. The first-order valence-corrected chi connectivity index (χ1v) is 34.3. The van der Waals surface area contributed by atoms with Crippen LogP contribution in [0.3, 0.4) is 0 Å². The minimum Gasteiger partial charge on any atom is -0.508 e. The lowest BCUT2D eigenvalue weighted by atomic mass is 9.86. The van der Waals surface area contributed by atoms with Gasteiger partial charge in [-0.2, -0.15) is 0 Å². The number of phenolic OH excluding ortho intramolecular Hbond substituents is 3. The predicted molar refractivity (Wildman–Crippen MR) is 374 cm³/mol. The van der Waals surface area contributed by atoms with Gasteiger partial charge in [-0.3, -0.25) is 38.6 Å². The van der Waals surface area contributed by atoms with Crippen molar-refractivity contribution >= 4 is 76.7 Å². The molecule has 0 unspecified atom stereocenters. The van der Waals surface area contributed by atoms with E-state index in [1.54, 1.807) is 44.2 Å². The highest BCUT2D eigenvalue weighted by Crippen LogP contribution is 2.50. The average molecular weight is 1520 g/mol. The molecule has 0 saturated carbocycles. The van der Waals surface area contributed by atoms with Gasteiger partial charge in [0.1, 0.15) is 95.5 Å². The van der Waals surface area contributed by atoms with Crippen LogP contribution in [0.25, 0.3) is 11.1 Å². The number of rotatable bonds is 14. The number of carbonyl (C=O) groups excluding carboxylic acids is 7. The van der Waals surface area contributed by atoms with Gasteiger partial charge in [0.2, 0.25) is 53.4 Å². The number of carbonyl (C=O) groups is 8. The summed E-state index contributed by atoms with van der Waals surface area (Å²) in [6.45, 7) is 5.62. The van der Waals surface area contributed by atoms with Crippen LogP contribution < -0.4 is 57.6 Å². The van der Waals surface area contributed by atoms with E-state index in [-0.39, 0.29) is 46.2 Å². The monoisotopic (exact) mass is 1520 g/mol. The van der Waals surface area contributed by atoms with Crippen LogP contribution in [0, 0.1) is 5.92 Å². The molecule has 568 valence electrons. The number of amides is 7. The smallest absolute Gasteiger partial charge is 0.330 e. The number of aliphatic hydroxyl groups is 6. The zero-order valence-electron chi connectivity index (χ0n) is 57.2. The molecule has 0 aromatic heterocycles. The Morgan fingerprint density at radius 3 is 1.93 bits per heavy atom. The van der Waals surface area contributed by atoms with Gasteiger partial charge in [-0.1, -0.05) is 85.6 Å². The van der Waals surface area contributed by atoms with Gasteiger partial charge in [-0.25, -0.2) is 4.79 Å². The summed E-state index contributed by atoms with van der Waals surface area (Å²) in [5.41, 5.74) is 8.61. The standard InChI is InChI=1S/C72H77Cl2N9O24/c1-28(2)16-40(77-26-30-8-6-5-7-9-30)64(94)82-55-57(89)32-11-14-44(38(73)18-32)103-46-20-34-21-47(61(46)107-71-62(60(92)59(91)48(27-84)105-71)106-50-25-72(4,76)63(93)29(3)102-50)104-45-15-12-33(19-39(45)74)58(90)56-69(99)81-54(70(100)101)37-22-35(85)23-43(87)51(37)36-17-31(10-13-42(36)86)52(66(96)83-56)80-67(97)53(34)79-65(95)41(24-49(75)88)78-68(55)98/h5-15,17-23,26,28-29,40-41,48,50,52-60,62-63,71,84-87,89-93H,16,24-25,27,76H2,1-4H3,(H2,75,88)(H,78,98)(H,79,95)(H,80,97)(H,81,99)(H,82,94)(H,83,96)(H,100,101)/t29-,40+,41-,48+,50-,52+,53-,54-,55+,56-,57+,58+,59+,60-,62+,63+,71-,72-/m0/s1. The normalized spacial score (nSPS) is 28.5. The van der Waals surface area contributed by atoms with Crippen LogP contribution in [0.15, 0.2) is 114 Å². The van der Waals surface area contributed by atoms with Gasteiger partial charge in [-0.05, 0) is 109 Å². The van der Waals surface area contributed by atoms with Crippen LogP contribution in [0.1, 0.15) is 111 Å². The van der Waals surface area contributed by atoms with Crippen LogP contribution in [0.2, 0.25) is 10.0 Å². The van der Waals surface area contributed by atoms with Crippen LogP contribution in [0.5, 0.6) is 46.0 Å². The number of nitrogens with one attached hydrogen (secondary N) is 6. The van der Waals surface area contributed by atoms with Gasteiger partial charge in [-0.15, -0.1) is 0 Å². The Bertz CT molecular complexity index is 4480. The molecule has 2 fully saturated rings. The molecular weight excluding hydrogens is 1450 g/mol. The molecule has 6 aromatic rings. The number of aliphatic imine (C=N–C) groups is 1. The van der Waals surface area contributed by atoms with Gasteiger partial charge >= 0.3 is 5.97 Å². The molecule has 0 radical (unpaired) electrons. The summed E-state index contributed by atoms with van der Waals surface area (Å²) in [6.07, 6.45) is -17.4. The molecule has 7 amide bonds. The molecule has 0 spiro atoms. The van der Waals surface area contributed by atoms with E-state index in [4.69, 9.17) is 63.1 Å². The van der Waals surface area contributed by atoms with E-state index in [1.807, 2.05) is 0 Å². The molecular formula is C72H77Cl2N9O24.